The predicted molar refractivity (Wildman–Crippen MR) is 71.4 cm³/mol. The first-order valence-electron chi connectivity index (χ1n) is 6.15. The highest BCUT2D eigenvalue weighted by Gasteiger charge is 2.15. The van der Waals surface area contributed by atoms with Crippen LogP contribution >= 0.6 is 0 Å². The molecule has 0 N–H and O–H groups in total. The Morgan fingerprint density at radius 3 is 2.67 bits per heavy atom. The quantitative estimate of drug-likeness (QED) is 0.820. The summed E-state index contributed by atoms with van der Waals surface area (Å²) < 4.78 is 5.83. The maximum absolute atomic E-state index is 5.83. The minimum absolute atomic E-state index is 0.643. The Bertz CT molecular complexity index is 564. The summed E-state index contributed by atoms with van der Waals surface area (Å²) in [6.07, 6.45) is 3.88. The first kappa shape index (κ1) is 11.0. The average molecular weight is 238 g/mol. The summed E-state index contributed by atoms with van der Waals surface area (Å²) in [7, 11) is 0. The SMILES string of the molecule is c1ccc(Oc2ncccc2C2=NCCC2)cc1. The standard InChI is InChI=1S/C15H14N2O/c1-2-6-12(7-3-1)18-15-13(8-4-11-17-15)14-9-5-10-16-14/h1-4,6-8,11H,5,9-10H2. The number of hydrogen-bond donors (Lipinski definition) is 0. The molecule has 1 aromatic carbocycles. The fraction of sp³-hybridized carbons (Fsp3) is 0.200. The Balaban J connectivity index is 1.92. The number of hydrogen-bond acceptors (Lipinski definition) is 3. The van der Waals surface area contributed by atoms with Crippen LogP contribution < -0.4 is 4.74 Å². The molecule has 3 heteroatoms. The van der Waals surface area contributed by atoms with Gasteiger partial charge in [0.05, 0.1) is 5.56 Å². The highest BCUT2D eigenvalue weighted by molar-refractivity contribution is 6.03. The largest absolute Gasteiger partial charge is 0.438 e. The average Bonchev–Trinajstić information content (AvgIpc) is 2.94. The van der Waals surface area contributed by atoms with E-state index in [-0.39, 0.29) is 0 Å². The van der Waals surface area contributed by atoms with Gasteiger partial charge in [-0.1, -0.05) is 18.2 Å². The molecule has 3 rings (SSSR count). The Morgan fingerprint density at radius 2 is 1.89 bits per heavy atom. The first-order valence-corrected chi connectivity index (χ1v) is 6.15. The van der Waals surface area contributed by atoms with E-state index in [9.17, 15) is 0 Å². The van der Waals surface area contributed by atoms with Crippen LogP contribution in [0.25, 0.3) is 0 Å². The van der Waals surface area contributed by atoms with Crippen molar-refractivity contribution in [1.82, 2.24) is 4.98 Å². The van der Waals surface area contributed by atoms with Crippen molar-refractivity contribution in [2.45, 2.75) is 12.8 Å². The number of benzene rings is 1. The van der Waals surface area contributed by atoms with Gasteiger partial charge in [0.15, 0.2) is 0 Å². The third-order valence-electron chi connectivity index (χ3n) is 2.91. The van der Waals surface area contributed by atoms with Gasteiger partial charge >= 0.3 is 0 Å². The first-order chi connectivity index (χ1) is 8.93. The van der Waals surface area contributed by atoms with Crippen LogP contribution in [-0.4, -0.2) is 17.2 Å². The number of ether oxygens (including phenoxy) is 1. The van der Waals surface area contributed by atoms with Crippen molar-refractivity contribution < 1.29 is 4.74 Å². The van der Waals surface area contributed by atoms with Gasteiger partial charge in [-0.3, -0.25) is 4.99 Å². The normalized spacial score (nSPS) is 14.3. The second-order valence-electron chi connectivity index (χ2n) is 4.20. The maximum Gasteiger partial charge on any atom is 0.228 e. The molecule has 18 heavy (non-hydrogen) atoms. The van der Waals surface area contributed by atoms with E-state index >= 15 is 0 Å². The minimum atomic E-state index is 0.643. The summed E-state index contributed by atoms with van der Waals surface area (Å²) in [4.78, 5) is 8.82. The van der Waals surface area contributed by atoms with Gasteiger partial charge in [0.2, 0.25) is 5.88 Å². The molecule has 0 bridgehead atoms. The summed E-state index contributed by atoms with van der Waals surface area (Å²) in [5.74, 6) is 1.44. The molecule has 0 amide bonds. The molecule has 1 aromatic heterocycles. The van der Waals surface area contributed by atoms with Crippen LogP contribution in [0.1, 0.15) is 18.4 Å². The summed E-state index contributed by atoms with van der Waals surface area (Å²) in [5.41, 5.74) is 2.12. The van der Waals surface area contributed by atoms with Crippen molar-refractivity contribution in [3.8, 4) is 11.6 Å². The summed E-state index contributed by atoms with van der Waals surface area (Å²) >= 11 is 0. The number of aromatic nitrogens is 1. The third kappa shape index (κ3) is 2.25. The van der Waals surface area contributed by atoms with E-state index in [1.54, 1.807) is 6.20 Å². The molecule has 0 saturated carbocycles. The van der Waals surface area contributed by atoms with Gasteiger partial charge in [0, 0.05) is 18.5 Å². The molecule has 1 aliphatic heterocycles. The number of aliphatic imine (C=N–C) groups is 1. The van der Waals surface area contributed by atoms with Crippen molar-refractivity contribution in [2.75, 3.05) is 6.54 Å². The molecular weight excluding hydrogens is 224 g/mol. The van der Waals surface area contributed by atoms with Crippen molar-refractivity contribution in [3.63, 3.8) is 0 Å². The number of para-hydroxylation sites is 1. The van der Waals surface area contributed by atoms with Gasteiger partial charge < -0.3 is 4.74 Å². The zero-order valence-corrected chi connectivity index (χ0v) is 10.0. The van der Waals surface area contributed by atoms with Gasteiger partial charge in [0.1, 0.15) is 5.75 Å². The Kier molecular flexibility index (Phi) is 3.05. The van der Waals surface area contributed by atoms with Crippen LogP contribution in [0.15, 0.2) is 53.7 Å². The smallest absolute Gasteiger partial charge is 0.228 e. The fourth-order valence-corrected chi connectivity index (χ4v) is 2.05. The fourth-order valence-electron chi connectivity index (χ4n) is 2.05. The van der Waals surface area contributed by atoms with E-state index in [0.717, 1.165) is 36.4 Å². The van der Waals surface area contributed by atoms with Crippen LogP contribution in [0.4, 0.5) is 0 Å². The second kappa shape index (κ2) is 5.00. The lowest BCUT2D eigenvalue weighted by Gasteiger charge is -2.09. The third-order valence-corrected chi connectivity index (χ3v) is 2.91. The van der Waals surface area contributed by atoms with E-state index in [0.29, 0.717) is 5.88 Å². The van der Waals surface area contributed by atoms with E-state index in [1.807, 2.05) is 42.5 Å². The van der Waals surface area contributed by atoms with E-state index in [1.165, 1.54) is 0 Å². The molecule has 0 spiro atoms. The van der Waals surface area contributed by atoms with Gasteiger partial charge in [-0.15, -0.1) is 0 Å². The van der Waals surface area contributed by atoms with Crippen LogP contribution in [-0.2, 0) is 0 Å². The lowest BCUT2D eigenvalue weighted by molar-refractivity contribution is 0.462. The molecule has 1 aliphatic rings. The molecule has 2 aromatic rings. The van der Waals surface area contributed by atoms with Crippen molar-refractivity contribution in [1.29, 1.82) is 0 Å². The molecule has 0 unspecified atom stereocenters. The lowest BCUT2D eigenvalue weighted by atomic mass is 10.1. The second-order valence-corrected chi connectivity index (χ2v) is 4.20. The topological polar surface area (TPSA) is 34.5 Å². The Labute approximate surface area is 106 Å². The van der Waals surface area contributed by atoms with Crippen LogP contribution in [0.3, 0.4) is 0 Å². The van der Waals surface area contributed by atoms with Crippen molar-refractivity contribution in [2.24, 2.45) is 4.99 Å². The van der Waals surface area contributed by atoms with E-state index in [2.05, 4.69) is 9.98 Å². The molecule has 0 saturated heterocycles. The highest BCUT2D eigenvalue weighted by Crippen LogP contribution is 2.25. The van der Waals surface area contributed by atoms with E-state index in [4.69, 9.17) is 4.74 Å². The number of rotatable bonds is 3. The van der Waals surface area contributed by atoms with Gasteiger partial charge in [0.25, 0.3) is 0 Å². The highest BCUT2D eigenvalue weighted by atomic mass is 16.5. The number of nitrogens with zero attached hydrogens (tertiary/aromatic N) is 2. The van der Waals surface area contributed by atoms with Crippen molar-refractivity contribution in [3.05, 3.63) is 54.2 Å². The zero-order chi connectivity index (χ0) is 12.2. The van der Waals surface area contributed by atoms with E-state index < -0.39 is 0 Å². The molecule has 3 nitrogen and oxygen atoms in total. The summed E-state index contributed by atoms with van der Waals surface area (Å²) in [5, 5.41) is 0. The molecule has 2 heterocycles. The van der Waals surface area contributed by atoms with Gasteiger partial charge in [-0.25, -0.2) is 4.98 Å². The Hall–Kier alpha value is -2.16. The zero-order valence-electron chi connectivity index (χ0n) is 10.0. The van der Waals surface area contributed by atoms with Crippen LogP contribution in [0.5, 0.6) is 11.6 Å². The van der Waals surface area contributed by atoms with Crippen LogP contribution in [0.2, 0.25) is 0 Å². The maximum atomic E-state index is 5.83. The molecule has 90 valence electrons. The summed E-state index contributed by atoms with van der Waals surface area (Å²) in [6, 6.07) is 13.7. The lowest BCUT2D eigenvalue weighted by Crippen LogP contribution is -2.01. The number of pyridine rings is 1. The monoisotopic (exact) mass is 238 g/mol. The Morgan fingerprint density at radius 1 is 1.00 bits per heavy atom. The minimum Gasteiger partial charge on any atom is -0.438 e. The molecular formula is C15H14N2O. The van der Waals surface area contributed by atoms with Crippen molar-refractivity contribution >= 4 is 5.71 Å². The molecule has 0 radical (unpaired) electrons. The van der Waals surface area contributed by atoms with Gasteiger partial charge in [-0.05, 0) is 37.1 Å². The summed E-state index contributed by atoms with van der Waals surface area (Å²) in [6.45, 7) is 0.912. The molecule has 0 atom stereocenters. The predicted octanol–water partition coefficient (Wildman–Crippen LogP) is 3.46. The van der Waals surface area contributed by atoms with Gasteiger partial charge in [-0.2, -0.15) is 0 Å². The van der Waals surface area contributed by atoms with Crippen LogP contribution in [0, 0.1) is 0 Å². The molecule has 0 aliphatic carbocycles. The molecule has 0 fully saturated rings.